The van der Waals surface area contributed by atoms with E-state index in [1.54, 1.807) is 0 Å². The van der Waals surface area contributed by atoms with Gasteiger partial charge in [0.05, 0.1) is 5.69 Å². The first-order valence-electron chi connectivity index (χ1n) is 10.3. The number of benzene rings is 2. The minimum atomic E-state index is -0.856. The second-order valence-corrected chi connectivity index (χ2v) is 7.88. The molecule has 2 N–H and O–H groups in total. The molecule has 1 unspecified atom stereocenters. The smallest absolute Gasteiger partial charge is 0.321 e. The maximum absolute atomic E-state index is 11.8. The van der Waals surface area contributed by atoms with Gasteiger partial charge in [-0.25, -0.2) is 4.98 Å². The highest BCUT2D eigenvalue weighted by molar-refractivity contribution is 6.30. The van der Waals surface area contributed by atoms with E-state index in [4.69, 9.17) is 11.6 Å². The molecule has 0 aliphatic heterocycles. The Morgan fingerprint density at radius 3 is 2.63 bits per heavy atom. The fourth-order valence-electron chi connectivity index (χ4n) is 3.46. The van der Waals surface area contributed by atoms with Gasteiger partial charge in [-0.3, -0.25) is 10.1 Å². The van der Waals surface area contributed by atoms with Gasteiger partial charge < -0.3 is 9.67 Å². The van der Waals surface area contributed by atoms with Gasteiger partial charge in [0.2, 0.25) is 0 Å². The molecule has 1 heterocycles. The van der Waals surface area contributed by atoms with Crippen molar-refractivity contribution in [2.24, 2.45) is 0 Å². The Labute approximate surface area is 182 Å². The first kappa shape index (κ1) is 22.1. The lowest BCUT2D eigenvalue weighted by Crippen LogP contribution is -2.38. The molecule has 0 amide bonds. The molecule has 0 aliphatic carbocycles. The van der Waals surface area contributed by atoms with Crippen molar-refractivity contribution in [3.05, 3.63) is 88.5 Å². The van der Waals surface area contributed by atoms with Gasteiger partial charge in [-0.2, -0.15) is 0 Å². The summed E-state index contributed by atoms with van der Waals surface area (Å²) in [4.78, 5) is 16.4. The van der Waals surface area contributed by atoms with Gasteiger partial charge in [0.15, 0.2) is 0 Å². The standard InChI is InChI=1S/C24H28ClN3O2/c1-2-3-12-23-27-16-21(28(23)17-19-10-7-11-20(25)13-19)15-26-22(24(29)30)14-18-8-5-4-6-9-18/h4-11,13,16,22,26H,2-3,12,14-15,17H2,1H3,(H,29,30). The molecule has 3 rings (SSSR count). The summed E-state index contributed by atoms with van der Waals surface area (Å²) in [7, 11) is 0. The molecule has 2 aromatic carbocycles. The lowest BCUT2D eigenvalue weighted by molar-refractivity contribution is -0.139. The van der Waals surface area contributed by atoms with Crippen LogP contribution in [0.4, 0.5) is 0 Å². The van der Waals surface area contributed by atoms with E-state index in [2.05, 4.69) is 21.8 Å². The Bertz CT molecular complexity index is 956. The zero-order valence-electron chi connectivity index (χ0n) is 17.2. The second kappa shape index (κ2) is 11.0. The zero-order valence-corrected chi connectivity index (χ0v) is 18.0. The van der Waals surface area contributed by atoms with Crippen molar-refractivity contribution in [3.8, 4) is 0 Å². The quantitative estimate of drug-likeness (QED) is 0.466. The summed E-state index contributed by atoms with van der Waals surface area (Å²) < 4.78 is 2.18. The normalized spacial score (nSPS) is 12.1. The number of carboxylic acid groups (broad SMARTS) is 1. The molecule has 30 heavy (non-hydrogen) atoms. The van der Waals surface area contributed by atoms with Crippen molar-refractivity contribution in [2.75, 3.05) is 0 Å². The minimum absolute atomic E-state index is 0.432. The molecule has 0 saturated carbocycles. The average molecular weight is 426 g/mol. The van der Waals surface area contributed by atoms with Gasteiger partial charge in [0, 0.05) is 30.7 Å². The number of hydrogen-bond donors (Lipinski definition) is 2. The highest BCUT2D eigenvalue weighted by Crippen LogP contribution is 2.16. The monoisotopic (exact) mass is 425 g/mol. The predicted molar refractivity (Wildman–Crippen MR) is 120 cm³/mol. The molecule has 0 spiro atoms. The summed E-state index contributed by atoms with van der Waals surface area (Å²) in [5.74, 6) is 0.162. The summed E-state index contributed by atoms with van der Waals surface area (Å²) in [5.41, 5.74) is 3.06. The molecule has 1 atom stereocenters. The number of aliphatic carboxylic acids is 1. The second-order valence-electron chi connectivity index (χ2n) is 7.45. The molecule has 0 fully saturated rings. The largest absolute Gasteiger partial charge is 0.480 e. The van der Waals surface area contributed by atoms with Gasteiger partial charge in [0.1, 0.15) is 11.9 Å². The fraction of sp³-hybridized carbons (Fsp3) is 0.333. The molecule has 6 heteroatoms. The Hall–Kier alpha value is -2.63. The molecule has 0 saturated heterocycles. The third kappa shape index (κ3) is 6.18. The Kier molecular flexibility index (Phi) is 8.05. The van der Waals surface area contributed by atoms with Crippen molar-refractivity contribution in [3.63, 3.8) is 0 Å². The van der Waals surface area contributed by atoms with Crippen LogP contribution in [0, 0.1) is 0 Å². The molecule has 0 bridgehead atoms. The van der Waals surface area contributed by atoms with Crippen LogP contribution in [-0.4, -0.2) is 26.7 Å². The third-order valence-corrected chi connectivity index (χ3v) is 5.35. The minimum Gasteiger partial charge on any atom is -0.480 e. The van der Waals surface area contributed by atoms with Gasteiger partial charge in [0.25, 0.3) is 0 Å². The van der Waals surface area contributed by atoms with Crippen molar-refractivity contribution in [1.29, 1.82) is 0 Å². The Morgan fingerprint density at radius 2 is 1.93 bits per heavy atom. The van der Waals surface area contributed by atoms with Crippen LogP contribution in [0.1, 0.15) is 42.4 Å². The number of aromatic nitrogens is 2. The van der Waals surface area contributed by atoms with E-state index < -0.39 is 12.0 Å². The summed E-state index contributed by atoms with van der Waals surface area (Å²) in [6, 6.07) is 16.8. The van der Waals surface area contributed by atoms with Gasteiger partial charge in [-0.1, -0.05) is 67.4 Å². The van der Waals surface area contributed by atoms with Crippen molar-refractivity contribution in [1.82, 2.24) is 14.9 Å². The average Bonchev–Trinajstić information content (AvgIpc) is 3.11. The molecule has 158 valence electrons. The summed E-state index contributed by atoms with van der Waals surface area (Å²) in [5, 5.41) is 13.6. The summed E-state index contributed by atoms with van der Waals surface area (Å²) in [6.07, 6.45) is 5.33. The fourth-order valence-corrected chi connectivity index (χ4v) is 3.68. The first-order chi connectivity index (χ1) is 14.6. The maximum Gasteiger partial charge on any atom is 0.321 e. The molecule has 0 aliphatic rings. The van der Waals surface area contributed by atoms with Crippen LogP contribution in [0.15, 0.2) is 60.8 Å². The van der Waals surface area contributed by atoms with Crippen LogP contribution >= 0.6 is 11.6 Å². The van der Waals surface area contributed by atoms with Crippen LogP contribution < -0.4 is 5.32 Å². The first-order valence-corrected chi connectivity index (χ1v) is 10.7. The number of halogens is 1. The van der Waals surface area contributed by atoms with Gasteiger partial charge in [-0.15, -0.1) is 0 Å². The van der Waals surface area contributed by atoms with Crippen LogP contribution in [-0.2, 0) is 30.7 Å². The molecule has 1 aromatic heterocycles. The topological polar surface area (TPSA) is 67.2 Å². The lowest BCUT2D eigenvalue weighted by atomic mass is 10.1. The number of carbonyl (C=O) groups is 1. The van der Waals surface area contributed by atoms with Crippen LogP contribution in [0.25, 0.3) is 0 Å². The van der Waals surface area contributed by atoms with Crippen LogP contribution in [0.2, 0.25) is 5.02 Å². The van der Waals surface area contributed by atoms with Gasteiger partial charge in [-0.05, 0) is 36.1 Å². The lowest BCUT2D eigenvalue weighted by Gasteiger charge is -2.17. The number of imidazole rings is 1. The van der Waals surface area contributed by atoms with E-state index in [9.17, 15) is 9.90 Å². The number of aryl methyl sites for hydroxylation is 1. The van der Waals surface area contributed by atoms with E-state index in [0.29, 0.717) is 24.5 Å². The molecule has 5 nitrogen and oxygen atoms in total. The SMILES string of the molecule is CCCCc1ncc(CNC(Cc2ccccc2)C(=O)O)n1Cc1cccc(Cl)c1. The van der Waals surface area contributed by atoms with E-state index in [1.165, 1.54) is 0 Å². The number of nitrogens with one attached hydrogen (secondary N) is 1. The number of hydrogen-bond acceptors (Lipinski definition) is 3. The maximum atomic E-state index is 11.8. The van der Waals surface area contributed by atoms with E-state index in [0.717, 1.165) is 41.9 Å². The molecular weight excluding hydrogens is 398 g/mol. The number of carboxylic acids is 1. The Morgan fingerprint density at radius 1 is 1.17 bits per heavy atom. The van der Waals surface area contributed by atoms with Crippen molar-refractivity contribution >= 4 is 17.6 Å². The van der Waals surface area contributed by atoms with E-state index >= 15 is 0 Å². The summed E-state index contributed by atoms with van der Waals surface area (Å²) in [6.45, 7) is 3.25. The summed E-state index contributed by atoms with van der Waals surface area (Å²) >= 11 is 6.16. The number of rotatable bonds is 11. The molecule has 3 aromatic rings. The van der Waals surface area contributed by atoms with E-state index in [1.807, 2.05) is 60.8 Å². The Balaban J connectivity index is 1.76. The van der Waals surface area contributed by atoms with Crippen molar-refractivity contribution < 1.29 is 9.90 Å². The molecule has 0 radical (unpaired) electrons. The molecular formula is C24H28ClN3O2. The predicted octanol–water partition coefficient (Wildman–Crippen LogP) is 4.71. The highest BCUT2D eigenvalue weighted by atomic mass is 35.5. The van der Waals surface area contributed by atoms with Crippen LogP contribution in [0.5, 0.6) is 0 Å². The van der Waals surface area contributed by atoms with Crippen molar-refractivity contribution in [2.45, 2.75) is 51.7 Å². The zero-order chi connectivity index (χ0) is 21.3. The highest BCUT2D eigenvalue weighted by Gasteiger charge is 2.19. The van der Waals surface area contributed by atoms with Gasteiger partial charge >= 0.3 is 5.97 Å². The van der Waals surface area contributed by atoms with E-state index in [-0.39, 0.29) is 0 Å². The third-order valence-electron chi connectivity index (χ3n) is 5.11. The van der Waals surface area contributed by atoms with Crippen LogP contribution in [0.3, 0.4) is 0 Å². The number of unbranched alkanes of at least 4 members (excludes halogenated alkanes) is 1. The number of nitrogens with zero attached hydrogens (tertiary/aromatic N) is 2.